The molecule has 1 unspecified atom stereocenters. The predicted molar refractivity (Wildman–Crippen MR) is 79.3 cm³/mol. The number of likely N-dealkylation sites (tertiary alicyclic amines) is 1. The molecule has 2 rings (SSSR count). The summed E-state index contributed by atoms with van der Waals surface area (Å²) in [5, 5.41) is 18.2. The van der Waals surface area contributed by atoms with Crippen LogP contribution in [0.15, 0.2) is 6.20 Å². The second-order valence-electron chi connectivity index (χ2n) is 6.77. The Morgan fingerprint density at radius 3 is 2.65 bits per heavy atom. The third kappa shape index (κ3) is 3.20. The second kappa shape index (κ2) is 6.22. The number of piperidine rings is 1. The Morgan fingerprint density at radius 2 is 2.10 bits per heavy atom. The third-order valence-electron chi connectivity index (χ3n) is 4.70. The molecule has 20 heavy (non-hydrogen) atoms. The predicted octanol–water partition coefficient (Wildman–Crippen LogP) is 2.09. The van der Waals surface area contributed by atoms with E-state index < -0.39 is 0 Å². The Labute approximate surface area is 122 Å². The molecule has 0 bridgehead atoms. The van der Waals surface area contributed by atoms with Gasteiger partial charge in [-0.25, -0.2) is 4.68 Å². The monoisotopic (exact) mass is 280 g/mol. The van der Waals surface area contributed by atoms with Crippen LogP contribution in [0.4, 0.5) is 0 Å². The molecular weight excluding hydrogens is 252 g/mol. The summed E-state index contributed by atoms with van der Waals surface area (Å²) in [4.78, 5) is 2.41. The molecule has 0 aromatic carbocycles. The van der Waals surface area contributed by atoms with Crippen LogP contribution in [0.3, 0.4) is 0 Å². The lowest BCUT2D eigenvalue weighted by Crippen LogP contribution is -2.47. The zero-order valence-electron chi connectivity index (χ0n) is 13.2. The molecule has 2 heterocycles. The fraction of sp³-hybridized carbons (Fsp3) is 0.867. The van der Waals surface area contributed by atoms with Gasteiger partial charge in [0.1, 0.15) is 0 Å². The lowest BCUT2D eigenvalue weighted by Gasteiger charge is -2.44. The molecule has 1 N–H and O–H groups in total. The number of hydrogen-bond donors (Lipinski definition) is 1. The highest BCUT2D eigenvalue weighted by Gasteiger charge is 2.37. The standard InChI is InChI=1S/C15H28N4O/c1-12(2)15(11-20)6-5-7-18(10-15)8-14-9-19(13(3)4)17-16-14/h9,12-13,20H,5-8,10-11H2,1-4H3. The molecule has 114 valence electrons. The Morgan fingerprint density at radius 1 is 1.35 bits per heavy atom. The fourth-order valence-corrected chi connectivity index (χ4v) is 3.04. The number of aliphatic hydroxyl groups excluding tert-OH is 1. The van der Waals surface area contributed by atoms with E-state index in [1.54, 1.807) is 0 Å². The van der Waals surface area contributed by atoms with E-state index in [0.29, 0.717) is 12.0 Å². The highest BCUT2D eigenvalue weighted by atomic mass is 16.3. The van der Waals surface area contributed by atoms with E-state index in [4.69, 9.17) is 0 Å². The quantitative estimate of drug-likeness (QED) is 0.897. The zero-order chi connectivity index (χ0) is 14.8. The SMILES string of the molecule is CC(C)n1cc(CN2CCCC(CO)(C(C)C)C2)nn1. The number of hydrogen-bond acceptors (Lipinski definition) is 4. The van der Waals surface area contributed by atoms with E-state index in [9.17, 15) is 5.11 Å². The van der Waals surface area contributed by atoms with Crippen LogP contribution in [-0.2, 0) is 6.54 Å². The highest BCUT2D eigenvalue weighted by molar-refractivity contribution is 4.96. The van der Waals surface area contributed by atoms with Crippen molar-refractivity contribution in [1.82, 2.24) is 19.9 Å². The van der Waals surface area contributed by atoms with Crippen molar-refractivity contribution < 1.29 is 5.11 Å². The Hall–Kier alpha value is -0.940. The Balaban J connectivity index is 2.02. The average Bonchev–Trinajstić information content (AvgIpc) is 2.87. The topological polar surface area (TPSA) is 54.2 Å². The maximum Gasteiger partial charge on any atom is 0.0967 e. The molecule has 0 radical (unpaired) electrons. The van der Waals surface area contributed by atoms with Crippen molar-refractivity contribution in [2.45, 2.75) is 53.1 Å². The van der Waals surface area contributed by atoms with Gasteiger partial charge in [0.15, 0.2) is 0 Å². The normalized spacial score (nSPS) is 24.8. The number of rotatable bonds is 5. The average molecular weight is 280 g/mol. The highest BCUT2D eigenvalue weighted by Crippen LogP contribution is 2.37. The van der Waals surface area contributed by atoms with Gasteiger partial charge in [-0.15, -0.1) is 5.10 Å². The number of aromatic nitrogens is 3. The summed E-state index contributed by atoms with van der Waals surface area (Å²) in [6, 6.07) is 0.352. The minimum atomic E-state index is 0.0479. The van der Waals surface area contributed by atoms with Crippen LogP contribution in [0.1, 0.15) is 52.3 Å². The summed E-state index contributed by atoms with van der Waals surface area (Å²) in [7, 11) is 0. The van der Waals surface area contributed by atoms with Gasteiger partial charge in [0.25, 0.3) is 0 Å². The molecule has 0 aliphatic carbocycles. The Kier molecular flexibility index (Phi) is 4.81. The van der Waals surface area contributed by atoms with Gasteiger partial charge in [-0.1, -0.05) is 19.1 Å². The van der Waals surface area contributed by atoms with Crippen molar-refractivity contribution >= 4 is 0 Å². The summed E-state index contributed by atoms with van der Waals surface area (Å²) in [5.74, 6) is 0.502. The van der Waals surface area contributed by atoms with E-state index >= 15 is 0 Å². The molecule has 1 fully saturated rings. The van der Waals surface area contributed by atoms with Crippen LogP contribution in [0.2, 0.25) is 0 Å². The molecule has 5 nitrogen and oxygen atoms in total. The lowest BCUT2D eigenvalue weighted by atomic mass is 9.72. The first-order valence-corrected chi connectivity index (χ1v) is 7.71. The van der Waals surface area contributed by atoms with Crippen molar-refractivity contribution in [3.8, 4) is 0 Å². The van der Waals surface area contributed by atoms with Crippen LogP contribution < -0.4 is 0 Å². The lowest BCUT2D eigenvalue weighted by molar-refractivity contribution is -0.00625. The fourth-order valence-electron chi connectivity index (χ4n) is 3.04. The molecule has 5 heteroatoms. The molecule has 1 aliphatic rings. The van der Waals surface area contributed by atoms with E-state index in [-0.39, 0.29) is 12.0 Å². The minimum absolute atomic E-state index is 0.0479. The van der Waals surface area contributed by atoms with E-state index in [1.165, 1.54) is 0 Å². The van der Waals surface area contributed by atoms with Gasteiger partial charge in [-0.2, -0.15) is 0 Å². The summed E-state index contributed by atoms with van der Waals surface area (Å²) < 4.78 is 1.90. The van der Waals surface area contributed by atoms with Crippen LogP contribution in [-0.4, -0.2) is 44.7 Å². The number of aliphatic hydroxyl groups is 1. The van der Waals surface area contributed by atoms with Gasteiger partial charge in [0.05, 0.1) is 18.5 Å². The summed E-state index contributed by atoms with van der Waals surface area (Å²) in [6.45, 7) is 11.8. The molecular formula is C15H28N4O. The first-order chi connectivity index (χ1) is 9.47. The van der Waals surface area contributed by atoms with Gasteiger partial charge in [-0.05, 0) is 39.2 Å². The summed E-state index contributed by atoms with van der Waals surface area (Å²) in [5.41, 5.74) is 1.07. The first kappa shape index (κ1) is 15.4. The Bertz CT molecular complexity index is 429. The maximum absolute atomic E-state index is 9.81. The molecule has 1 saturated heterocycles. The van der Waals surface area contributed by atoms with Gasteiger partial charge in [0, 0.05) is 24.5 Å². The summed E-state index contributed by atoms with van der Waals surface area (Å²) in [6.07, 6.45) is 4.31. The minimum Gasteiger partial charge on any atom is -0.396 e. The zero-order valence-corrected chi connectivity index (χ0v) is 13.2. The second-order valence-corrected chi connectivity index (χ2v) is 6.77. The van der Waals surface area contributed by atoms with Crippen LogP contribution in [0, 0.1) is 11.3 Å². The van der Waals surface area contributed by atoms with Gasteiger partial charge in [-0.3, -0.25) is 4.90 Å². The third-order valence-corrected chi connectivity index (χ3v) is 4.70. The van der Waals surface area contributed by atoms with E-state index in [2.05, 4.69) is 42.9 Å². The molecule has 1 aliphatic heterocycles. The van der Waals surface area contributed by atoms with Crippen molar-refractivity contribution in [3.05, 3.63) is 11.9 Å². The van der Waals surface area contributed by atoms with Gasteiger partial charge < -0.3 is 5.11 Å². The molecule has 0 spiro atoms. The van der Waals surface area contributed by atoms with Crippen LogP contribution in [0.25, 0.3) is 0 Å². The largest absolute Gasteiger partial charge is 0.396 e. The summed E-state index contributed by atoms with van der Waals surface area (Å²) >= 11 is 0. The molecule has 1 aromatic rings. The first-order valence-electron chi connectivity index (χ1n) is 7.71. The van der Waals surface area contributed by atoms with Crippen molar-refractivity contribution in [1.29, 1.82) is 0 Å². The van der Waals surface area contributed by atoms with Crippen LogP contribution in [0.5, 0.6) is 0 Å². The van der Waals surface area contributed by atoms with E-state index in [0.717, 1.165) is 38.2 Å². The smallest absolute Gasteiger partial charge is 0.0967 e. The molecule has 0 amide bonds. The van der Waals surface area contributed by atoms with Gasteiger partial charge >= 0.3 is 0 Å². The maximum atomic E-state index is 9.81. The molecule has 1 atom stereocenters. The van der Waals surface area contributed by atoms with Crippen LogP contribution >= 0.6 is 0 Å². The van der Waals surface area contributed by atoms with Gasteiger partial charge in [0.2, 0.25) is 0 Å². The molecule has 0 saturated carbocycles. The van der Waals surface area contributed by atoms with Crippen molar-refractivity contribution in [3.63, 3.8) is 0 Å². The van der Waals surface area contributed by atoms with E-state index in [1.807, 2.05) is 10.9 Å². The van der Waals surface area contributed by atoms with Crippen molar-refractivity contribution in [2.75, 3.05) is 19.7 Å². The van der Waals surface area contributed by atoms with Crippen molar-refractivity contribution in [2.24, 2.45) is 11.3 Å². The number of nitrogens with zero attached hydrogens (tertiary/aromatic N) is 4. The molecule has 1 aromatic heterocycles.